The van der Waals surface area contributed by atoms with Crippen LogP contribution in [0.25, 0.3) is 0 Å². The Morgan fingerprint density at radius 2 is 1.81 bits per heavy atom. The molecule has 1 fully saturated rings. The third kappa shape index (κ3) is 6.63. The molecule has 1 saturated heterocycles. The average Bonchev–Trinajstić information content (AvgIpc) is 2.76. The lowest BCUT2D eigenvalue weighted by Gasteiger charge is -2.27. The van der Waals surface area contributed by atoms with E-state index in [1.807, 2.05) is 0 Å². The van der Waals surface area contributed by atoms with Gasteiger partial charge in [0.1, 0.15) is 5.82 Å². The zero-order chi connectivity index (χ0) is 23.1. The van der Waals surface area contributed by atoms with Gasteiger partial charge in [-0.2, -0.15) is 4.31 Å². The Balaban J connectivity index is 1.75. The number of amides is 1. The Hall–Kier alpha value is -1.75. The molecule has 0 unspecified atom stereocenters. The average molecular weight is 504 g/mol. The van der Waals surface area contributed by atoms with Gasteiger partial charge < -0.3 is 10.1 Å². The first-order valence-corrected chi connectivity index (χ1v) is 12.2. The van der Waals surface area contributed by atoms with Gasteiger partial charge >= 0.3 is 0 Å². The number of sulfonamides is 1. The molecule has 11 heteroatoms. The summed E-state index contributed by atoms with van der Waals surface area (Å²) in [6.07, 6.45) is 0. The number of nitrogens with one attached hydrogen (secondary N) is 1. The predicted octanol–water partition coefficient (Wildman–Crippen LogP) is 2.77. The highest BCUT2D eigenvalue weighted by atomic mass is 35.5. The number of halogens is 3. The van der Waals surface area contributed by atoms with Crippen LogP contribution in [0.2, 0.25) is 10.0 Å². The van der Waals surface area contributed by atoms with Crippen LogP contribution in [0.1, 0.15) is 5.56 Å². The van der Waals surface area contributed by atoms with Gasteiger partial charge in [-0.1, -0.05) is 29.3 Å². The Kier molecular flexibility index (Phi) is 8.87. The molecule has 1 heterocycles. The van der Waals surface area contributed by atoms with Crippen molar-refractivity contribution in [3.63, 3.8) is 0 Å². The van der Waals surface area contributed by atoms with E-state index in [4.69, 9.17) is 27.9 Å². The van der Waals surface area contributed by atoms with E-state index >= 15 is 0 Å². The molecular formula is C21H24Cl2FN3O4S. The van der Waals surface area contributed by atoms with E-state index in [0.717, 1.165) is 17.4 Å². The fourth-order valence-corrected chi connectivity index (χ4v) is 4.95. The van der Waals surface area contributed by atoms with Crippen LogP contribution in [0, 0.1) is 5.82 Å². The highest BCUT2D eigenvalue weighted by Crippen LogP contribution is 2.25. The Morgan fingerprint density at radius 3 is 2.47 bits per heavy atom. The van der Waals surface area contributed by atoms with E-state index in [-0.39, 0.29) is 15.5 Å². The highest BCUT2D eigenvalue weighted by molar-refractivity contribution is 7.89. The number of hydrogen-bond donors (Lipinski definition) is 1. The van der Waals surface area contributed by atoms with E-state index in [9.17, 15) is 17.6 Å². The lowest BCUT2D eigenvalue weighted by Crippen LogP contribution is -2.44. The van der Waals surface area contributed by atoms with Crippen LogP contribution in [0.4, 0.5) is 4.39 Å². The largest absolute Gasteiger partial charge is 0.379 e. The standard InChI is InChI=1S/C21H24Cl2FN3O4S/c22-16-4-6-17(7-5-16)32(29,30)27(14-18-19(23)2-1-3-20(18)24)15-21(28)25-8-9-26-10-12-31-13-11-26/h1-7H,8-15H2,(H,25,28). The Bertz CT molecular complexity index is 1010. The molecule has 0 saturated carbocycles. The van der Waals surface area contributed by atoms with Crippen molar-refractivity contribution >= 4 is 39.1 Å². The topological polar surface area (TPSA) is 79.0 Å². The smallest absolute Gasteiger partial charge is 0.243 e. The van der Waals surface area contributed by atoms with E-state index in [2.05, 4.69) is 10.2 Å². The van der Waals surface area contributed by atoms with Crippen LogP contribution in [-0.4, -0.2) is 69.5 Å². The summed E-state index contributed by atoms with van der Waals surface area (Å²) in [7, 11) is -4.13. The number of morpholine rings is 1. The second kappa shape index (κ2) is 11.4. The Labute approximate surface area is 197 Å². The number of benzene rings is 2. The van der Waals surface area contributed by atoms with E-state index in [1.165, 1.54) is 42.5 Å². The van der Waals surface area contributed by atoms with Gasteiger partial charge in [0.05, 0.1) is 24.7 Å². The van der Waals surface area contributed by atoms with Crippen LogP contribution in [-0.2, 0) is 26.1 Å². The summed E-state index contributed by atoms with van der Waals surface area (Å²) in [6, 6.07) is 9.63. The lowest BCUT2D eigenvalue weighted by molar-refractivity contribution is -0.121. The van der Waals surface area contributed by atoms with Crippen LogP contribution in [0.3, 0.4) is 0 Å². The molecular weight excluding hydrogens is 480 g/mol. The molecule has 3 rings (SSSR count). The Morgan fingerprint density at radius 1 is 1.12 bits per heavy atom. The summed E-state index contributed by atoms with van der Waals surface area (Å²) < 4.78 is 47.0. The number of ether oxygens (including phenoxy) is 1. The molecule has 0 aromatic heterocycles. The molecule has 7 nitrogen and oxygen atoms in total. The minimum atomic E-state index is -4.13. The fraction of sp³-hybridized carbons (Fsp3) is 0.381. The number of nitrogens with zero attached hydrogens (tertiary/aromatic N) is 2. The summed E-state index contributed by atoms with van der Waals surface area (Å²) in [5.74, 6) is -1.15. The van der Waals surface area contributed by atoms with Crippen LogP contribution in [0.5, 0.6) is 0 Å². The molecule has 0 radical (unpaired) electrons. The van der Waals surface area contributed by atoms with Crippen molar-refractivity contribution in [3.8, 4) is 0 Å². The molecule has 1 amide bonds. The zero-order valence-electron chi connectivity index (χ0n) is 17.3. The van der Waals surface area contributed by atoms with Gasteiger partial charge in [-0.3, -0.25) is 9.69 Å². The summed E-state index contributed by atoms with van der Waals surface area (Å²) in [5.41, 5.74) is -0.00665. The van der Waals surface area contributed by atoms with Gasteiger partial charge in [0.15, 0.2) is 0 Å². The molecule has 0 atom stereocenters. The van der Waals surface area contributed by atoms with Crippen LogP contribution < -0.4 is 5.32 Å². The maximum absolute atomic E-state index is 14.4. The van der Waals surface area contributed by atoms with Gasteiger partial charge in [0.25, 0.3) is 0 Å². The number of rotatable bonds is 9. The molecule has 0 spiro atoms. The SMILES string of the molecule is O=C(CN(Cc1c(F)cccc1Cl)S(=O)(=O)c1ccc(Cl)cc1)NCCN1CCOCC1. The first-order chi connectivity index (χ1) is 15.3. The minimum Gasteiger partial charge on any atom is -0.379 e. The zero-order valence-corrected chi connectivity index (χ0v) is 19.6. The number of hydrogen-bond acceptors (Lipinski definition) is 5. The van der Waals surface area contributed by atoms with Gasteiger partial charge in [-0.25, -0.2) is 12.8 Å². The first kappa shape index (κ1) is 24.9. The predicted molar refractivity (Wildman–Crippen MR) is 121 cm³/mol. The van der Waals surface area contributed by atoms with Crippen molar-refractivity contribution < 1.29 is 22.3 Å². The normalized spacial score (nSPS) is 15.1. The molecule has 1 N–H and O–H groups in total. The molecule has 0 bridgehead atoms. The van der Waals surface area contributed by atoms with E-state index in [1.54, 1.807) is 0 Å². The molecule has 2 aromatic rings. The van der Waals surface area contributed by atoms with Crippen molar-refractivity contribution in [1.82, 2.24) is 14.5 Å². The number of carbonyl (C=O) groups excluding carboxylic acids is 1. The summed E-state index contributed by atoms with van der Waals surface area (Å²) in [6.45, 7) is 2.94. The monoisotopic (exact) mass is 503 g/mol. The third-order valence-corrected chi connectivity index (χ3v) is 7.43. The molecule has 174 valence electrons. The van der Waals surface area contributed by atoms with Crippen molar-refractivity contribution in [1.29, 1.82) is 0 Å². The summed E-state index contributed by atoms with van der Waals surface area (Å²) in [5, 5.41) is 3.18. The first-order valence-electron chi connectivity index (χ1n) is 10.0. The molecule has 0 aliphatic carbocycles. The van der Waals surface area contributed by atoms with Gasteiger partial charge in [0.2, 0.25) is 15.9 Å². The van der Waals surface area contributed by atoms with E-state index in [0.29, 0.717) is 31.3 Å². The maximum Gasteiger partial charge on any atom is 0.243 e. The summed E-state index contributed by atoms with van der Waals surface area (Å²) >= 11 is 12.0. The van der Waals surface area contributed by atoms with Crippen molar-refractivity contribution in [2.24, 2.45) is 0 Å². The highest BCUT2D eigenvalue weighted by Gasteiger charge is 2.28. The van der Waals surface area contributed by atoms with Crippen LogP contribution in [0.15, 0.2) is 47.4 Å². The number of carbonyl (C=O) groups is 1. The lowest BCUT2D eigenvalue weighted by atomic mass is 10.2. The maximum atomic E-state index is 14.4. The van der Waals surface area contributed by atoms with Gasteiger partial charge in [-0.15, -0.1) is 0 Å². The van der Waals surface area contributed by atoms with Crippen molar-refractivity contribution in [3.05, 3.63) is 63.9 Å². The molecule has 1 aliphatic heterocycles. The molecule has 1 aliphatic rings. The van der Waals surface area contributed by atoms with Gasteiger partial charge in [-0.05, 0) is 36.4 Å². The summed E-state index contributed by atoms with van der Waals surface area (Å²) in [4.78, 5) is 14.7. The van der Waals surface area contributed by atoms with E-state index < -0.39 is 34.8 Å². The molecule has 32 heavy (non-hydrogen) atoms. The van der Waals surface area contributed by atoms with Crippen molar-refractivity contribution in [2.45, 2.75) is 11.4 Å². The van der Waals surface area contributed by atoms with Crippen LogP contribution >= 0.6 is 23.2 Å². The molecule has 2 aromatic carbocycles. The second-order valence-corrected chi connectivity index (χ2v) is 10.0. The second-order valence-electron chi connectivity index (χ2n) is 7.23. The quantitative estimate of drug-likeness (QED) is 0.569. The minimum absolute atomic E-state index is 0.00665. The third-order valence-electron chi connectivity index (χ3n) is 5.02. The fourth-order valence-electron chi connectivity index (χ4n) is 3.24. The van der Waals surface area contributed by atoms with Crippen molar-refractivity contribution in [2.75, 3.05) is 45.9 Å². The van der Waals surface area contributed by atoms with Gasteiger partial charge in [0, 0.05) is 48.3 Å².